The highest BCUT2D eigenvalue weighted by molar-refractivity contribution is 8.00. The number of carboxylic acid groups (broad SMARTS) is 1. The molecule has 0 saturated heterocycles. The molecule has 0 radical (unpaired) electrons. The summed E-state index contributed by atoms with van der Waals surface area (Å²) in [5, 5.41) is 12.9. The van der Waals surface area contributed by atoms with Crippen molar-refractivity contribution in [3.8, 4) is 0 Å². The van der Waals surface area contributed by atoms with Crippen LogP contribution < -0.4 is 5.73 Å². The van der Waals surface area contributed by atoms with Gasteiger partial charge in [0.1, 0.15) is 6.04 Å². The van der Waals surface area contributed by atoms with Crippen molar-refractivity contribution in [2.24, 2.45) is 10.8 Å². The maximum atomic E-state index is 11.5. The second kappa shape index (κ2) is 13.6. The summed E-state index contributed by atoms with van der Waals surface area (Å²) in [6, 6.07) is 29.3. The van der Waals surface area contributed by atoms with E-state index in [1.165, 1.54) is 43.9 Å². The maximum absolute atomic E-state index is 11.5. The molecule has 3 N–H and O–H groups in total. The lowest BCUT2D eigenvalue weighted by Crippen LogP contribution is -2.29. The van der Waals surface area contributed by atoms with E-state index < -0.39 is 16.8 Å². The monoisotopic (exact) mass is 488 g/mol. The zero-order valence-corrected chi connectivity index (χ0v) is 20.6. The van der Waals surface area contributed by atoms with E-state index in [9.17, 15) is 9.90 Å². The molecule has 3 aromatic rings. The third-order valence-electron chi connectivity index (χ3n) is 6.12. The Kier molecular flexibility index (Phi) is 10.2. The number of thioether (sulfide) groups is 1. The molecule has 0 unspecified atom stereocenters. The van der Waals surface area contributed by atoms with Gasteiger partial charge in [-0.15, -0.1) is 11.8 Å². The predicted octanol–water partition coefficient (Wildman–Crippen LogP) is 6.75. The Bertz CT molecular complexity index is 985. The van der Waals surface area contributed by atoms with Crippen molar-refractivity contribution < 1.29 is 9.90 Å². The summed E-state index contributed by atoms with van der Waals surface area (Å²) in [5.41, 5.74) is 17.5. The topological polar surface area (TPSA) is 112 Å². The number of carbonyl (C=O) groups is 1. The van der Waals surface area contributed by atoms with Gasteiger partial charge in [0.2, 0.25) is 0 Å². The molecule has 0 amide bonds. The summed E-state index contributed by atoms with van der Waals surface area (Å²) in [6.45, 7) is 0. The van der Waals surface area contributed by atoms with Gasteiger partial charge in [-0.05, 0) is 35.1 Å². The van der Waals surface area contributed by atoms with Crippen LogP contribution in [0.5, 0.6) is 0 Å². The molecule has 0 aromatic heterocycles. The first-order valence-corrected chi connectivity index (χ1v) is 12.9. The van der Waals surface area contributed by atoms with Crippen molar-refractivity contribution in [2.75, 3.05) is 5.75 Å². The normalized spacial score (nSPS) is 14.7. The lowest BCUT2D eigenvalue weighted by atomic mass is 9.84. The number of nitrogens with two attached hydrogens (primary N) is 1. The summed E-state index contributed by atoms with van der Waals surface area (Å²) >= 11 is 1.46. The largest absolute Gasteiger partial charge is 0.481 e. The third kappa shape index (κ3) is 7.12. The minimum absolute atomic E-state index is 0.137. The molecule has 1 fully saturated rings. The summed E-state index contributed by atoms with van der Waals surface area (Å²) in [5.74, 6) is -0.994. The van der Waals surface area contributed by atoms with Crippen LogP contribution in [0.15, 0.2) is 96.1 Å². The van der Waals surface area contributed by atoms with Gasteiger partial charge in [-0.2, -0.15) is 0 Å². The molecule has 6 nitrogen and oxygen atoms in total. The van der Waals surface area contributed by atoms with E-state index in [0.717, 1.165) is 16.7 Å². The van der Waals surface area contributed by atoms with Gasteiger partial charge in [0.25, 0.3) is 0 Å². The van der Waals surface area contributed by atoms with Gasteiger partial charge in [0.05, 0.1) is 4.75 Å². The fourth-order valence-corrected chi connectivity index (χ4v) is 5.85. The summed E-state index contributed by atoms with van der Waals surface area (Å²) in [4.78, 5) is 14.2. The van der Waals surface area contributed by atoms with Gasteiger partial charge in [0.15, 0.2) is 0 Å². The van der Waals surface area contributed by atoms with Crippen LogP contribution in [0.4, 0.5) is 0 Å². The molecule has 1 saturated carbocycles. The van der Waals surface area contributed by atoms with E-state index in [-0.39, 0.29) is 5.75 Å². The number of benzene rings is 3. The van der Waals surface area contributed by atoms with Crippen molar-refractivity contribution >= 4 is 17.7 Å². The minimum atomic E-state index is -1.15. The fraction of sp³-hybridized carbons (Fsp3) is 0.321. The number of carboxylic acids is 1. The van der Waals surface area contributed by atoms with Gasteiger partial charge in [-0.25, -0.2) is 0 Å². The van der Waals surface area contributed by atoms with Gasteiger partial charge >= 0.3 is 5.97 Å². The number of hydrogen-bond donors (Lipinski definition) is 2. The zero-order chi connectivity index (χ0) is 24.9. The predicted molar refractivity (Wildman–Crippen MR) is 143 cm³/mol. The number of hydrogen-bond acceptors (Lipinski definition) is 4. The Morgan fingerprint density at radius 2 is 1.34 bits per heavy atom. The molecule has 1 atom stereocenters. The Morgan fingerprint density at radius 3 is 1.66 bits per heavy atom. The quantitative estimate of drug-likeness (QED) is 0.158. The Labute approximate surface area is 211 Å². The molecule has 182 valence electrons. The summed E-state index contributed by atoms with van der Waals surface area (Å²) < 4.78 is -0.636. The Hall–Kier alpha value is -3.25. The molecular weight excluding hydrogens is 456 g/mol. The maximum Gasteiger partial charge on any atom is 0.313 e. The van der Waals surface area contributed by atoms with Crippen LogP contribution in [-0.4, -0.2) is 28.9 Å². The minimum Gasteiger partial charge on any atom is -0.481 e. The standard InChI is InChI=1S/C22H19N3O2S.C6H13N/c23-25-24-20(21(26)27)16-28-22(17-10-4-1-5-11-17,18-12-6-2-7-13-18)19-14-8-3-9-15-19;7-6-4-2-1-3-5-6/h1-15,20H,16H2,(H,26,27);6H,1-5,7H2/t20-;/m0./s1. The molecule has 1 aliphatic rings. The summed E-state index contributed by atoms with van der Waals surface area (Å²) in [6.07, 6.45) is 6.66. The molecule has 3 aromatic carbocycles. The van der Waals surface area contributed by atoms with Crippen LogP contribution in [0, 0.1) is 0 Å². The van der Waals surface area contributed by atoms with E-state index in [2.05, 4.69) is 10.0 Å². The second-order valence-electron chi connectivity index (χ2n) is 8.55. The first kappa shape index (κ1) is 26.4. The van der Waals surface area contributed by atoms with Crippen molar-refractivity contribution in [1.29, 1.82) is 0 Å². The van der Waals surface area contributed by atoms with Crippen molar-refractivity contribution in [3.63, 3.8) is 0 Å². The Balaban J connectivity index is 0.000000420. The van der Waals surface area contributed by atoms with Crippen LogP contribution >= 0.6 is 11.8 Å². The molecular formula is C28H32N4O2S. The zero-order valence-electron chi connectivity index (χ0n) is 19.7. The molecule has 4 rings (SSSR count). The van der Waals surface area contributed by atoms with Crippen LogP contribution in [0.1, 0.15) is 48.8 Å². The number of rotatable bonds is 8. The first-order chi connectivity index (χ1) is 17.1. The van der Waals surface area contributed by atoms with Gasteiger partial charge < -0.3 is 10.8 Å². The molecule has 0 heterocycles. The molecule has 35 heavy (non-hydrogen) atoms. The summed E-state index contributed by atoms with van der Waals surface area (Å²) in [7, 11) is 0. The Morgan fingerprint density at radius 1 is 0.914 bits per heavy atom. The lowest BCUT2D eigenvalue weighted by Gasteiger charge is -2.36. The lowest BCUT2D eigenvalue weighted by molar-refractivity contribution is -0.137. The van der Waals surface area contributed by atoms with E-state index in [4.69, 9.17) is 11.3 Å². The van der Waals surface area contributed by atoms with Crippen molar-refractivity contribution in [3.05, 3.63) is 118 Å². The third-order valence-corrected chi connectivity index (χ3v) is 7.75. The highest BCUT2D eigenvalue weighted by Gasteiger charge is 2.38. The number of nitrogens with zero attached hydrogens (tertiary/aromatic N) is 3. The molecule has 1 aliphatic carbocycles. The highest BCUT2D eigenvalue weighted by Crippen LogP contribution is 2.48. The average molecular weight is 489 g/mol. The SMILES string of the molecule is NC1CCCCC1.[N-]=[N+]=N[C@@H](CSC(c1ccccc1)(c1ccccc1)c1ccccc1)C(=O)O. The molecule has 0 bridgehead atoms. The van der Waals surface area contributed by atoms with Crippen LogP contribution in [0.25, 0.3) is 10.4 Å². The fourth-order valence-electron chi connectivity index (χ4n) is 4.32. The van der Waals surface area contributed by atoms with Gasteiger partial charge in [-0.3, -0.25) is 4.79 Å². The van der Waals surface area contributed by atoms with Gasteiger partial charge in [0, 0.05) is 16.7 Å². The van der Waals surface area contributed by atoms with E-state index in [1.807, 2.05) is 91.0 Å². The van der Waals surface area contributed by atoms with Gasteiger partial charge in [-0.1, -0.05) is 115 Å². The van der Waals surface area contributed by atoms with E-state index in [1.54, 1.807) is 0 Å². The van der Waals surface area contributed by atoms with E-state index >= 15 is 0 Å². The van der Waals surface area contributed by atoms with Crippen molar-refractivity contribution in [1.82, 2.24) is 0 Å². The number of azide groups is 1. The molecule has 0 aliphatic heterocycles. The second-order valence-corrected chi connectivity index (χ2v) is 9.78. The number of aliphatic carboxylic acids is 1. The highest BCUT2D eigenvalue weighted by atomic mass is 32.2. The van der Waals surface area contributed by atoms with E-state index in [0.29, 0.717) is 6.04 Å². The van der Waals surface area contributed by atoms with Crippen LogP contribution in [0.3, 0.4) is 0 Å². The first-order valence-electron chi connectivity index (χ1n) is 11.9. The van der Waals surface area contributed by atoms with Crippen molar-refractivity contribution in [2.45, 2.75) is 48.9 Å². The average Bonchev–Trinajstić information content (AvgIpc) is 2.91. The molecule has 0 spiro atoms. The molecule has 7 heteroatoms. The van der Waals surface area contributed by atoms with Crippen LogP contribution in [-0.2, 0) is 9.54 Å². The van der Waals surface area contributed by atoms with Crippen LogP contribution in [0.2, 0.25) is 0 Å². The smallest absolute Gasteiger partial charge is 0.313 e.